The van der Waals surface area contributed by atoms with Crippen LogP contribution in [0.4, 0.5) is 0 Å². The molecule has 1 aromatic carbocycles. The molecule has 0 aliphatic carbocycles. The summed E-state index contributed by atoms with van der Waals surface area (Å²) in [5.41, 5.74) is 0.877. The van der Waals surface area contributed by atoms with Crippen molar-refractivity contribution in [1.82, 2.24) is 10.6 Å². The largest absolute Gasteiger partial charge is 0.350 e. The number of carbonyl (C=O) groups excluding carboxylic acids is 1. The normalized spacial score (nSPS) is 11.4. The molecule has 1 amide bonds. The third kappa shape index (κ3) is 5.85. The number of hydrogen-bond donors (Lipinski definition) is 2. The Morgan fingerprint density at radius 2 is 2.06 bits per heavy atom. The molecule has 1 rings (SSSR count). The molecule has 2 N–H and O–H groups in total. The van der Waals surface area contributed by atoms with Crippen LogP contribution < -0.4 is 10.6 Å². The van der Waals surface area contributed by atoms with E-state index in [4.69, 9.17) is 11.6 Å². The van der Waals surface area contributed by atoms with Crippen LogP contribution >= 0.6 is 27.5 Å². The molecule has 1 aromatic rings. The summed E-state index contributed by atoms with van der Waals surface area (Å²) < 4.78 is 0.943. The summed E-state index contributed by atoms with van der Waals surface area (Å²) in [6, 6.07) is 5.60. The highest BCUT2D eigenvalue weighted by Crippen LogP contribution is 2.21. The number of carbonyl (C=O) groups is 1. The zero-order chi connectivity index (χ0) is 13.8. The minimum Gasteiger partial charge on any atom is -0.350 e. The fourth-order valence-corrected chi connectivity index (χ4v) is 2.26. The minimum absolute atomic E-state index is 0.00686. The number of halogens is 2. The molecular formula is C13H18BrClN2O. The molecule has 0 heterocycles. The highest BCUT2D eigenvalue weighted by molar-refractivity contribution is 9.10. The Labute approximate surface area is 121 Å². The molecule has 0 bridgehead atoms. The van der Waals surface area contributed by atoms with Crippen molar-refractivity contribution < 1.29 is 4.79 Å². The molecule has 0 unspecified atom stereocenters. The van der Waals surface area contributed by atoms with Gasteiger partial charge in [0, 0.05) is 21.6 Å². The molecule has 0 atom stereocenters. The highest BCUT2D eigenvalue weighted by atomic mass is 79.9. The first-order valence-corrected chi connectivity index (χ1v) is 6.91. The van der Waals surface area contributed by atoms with Crippen molar-refractivity contribution in [3.05, 3.63) is 33.3 Å². The topological polar surface area (TPSA) is 41.1 Å². The molecule has 0 saturated carbocycles. The monoisotopic (exact) mass is 332 g/mol. The quantitative estimate of drug-likeness (QED) is 0.889. The van der Waals surface area contributed by atoms with Crippen molar-refractivity contribution >= 4 is 33.4 Å². The van der Waals surface area contributed by atoms with Gasteiger partial charge in [0.15, 0.2) is 0 Å². The average molecular weight is 334 g/mol. The Hall–Kier alpha value is -0.580. The van der Waals surface area contributed by atoms with Gasteiger partial charge in [-0.2, -0.15) is 0 Å². The van der Waals surface area contributed by atoms with Crippen LogP contribution in [0.1, 0.15) is 26.3 Å². The first kappa shape index (κ1) is 15.5. The molecule has 100 valence electrons. The second-order valence-corrected chi connectivity index (χ2v) is 6.43. The summed E-state index contributed by atoms with van der Waals surface area (Å²) in [4.78, 5) is 11.6. The Bertz CT molecular complexity index is 429. The zero-order valence-corrected chi connectivity index (χ0v) is 13.2. The average Bonchev–Trinajstić information content (AvgIpc) is 2.18. The smallest absolute Gasteiger partial charge is 0.234 e. The summed E-state index contributed by atoms with van der Waals surface area (Å²) in [6.45, 7) is 6.80. The van der Waals surface area contributed by atoms with E-state index in [-0.39, 0.29) is 11.4 Å². The van der Waals surface area contributed by atoms with Gasteiger partial charge in [0.05, 0.1) is 6.54 Å². The van der Waals surface area contributed by atoms with Gasteiger partial charge < -0.3 is 10.6 Å². The molecule has 0 fully saturated rings. The summed E-state index contributed by atoms with van der Waals surface area (Å²) in [5.74, 6) is -0.00686. The van der Waals surface area contributed by atoms with E-state index in [0.29, 0.717) is 18.1 Å². The maximum Gasteiger partial charge on any atom is 0.234 e. The van der Waals surface area contributed by atoms with Gasteiger partial charge in [-0.1, -0.05) is 33.6 Å². The lowest BCUT2D eigenvalue weighted by Gasteiger charge is -2.20. The third-order valence-electron chi connectivity index (χ3n) is 2.13. The van der Waals surface area contributed by atoms with Crippen LogP contribution in [0.3, 0.4) is 0 Å². The van der Waals surface area contributed by atoms with Crippen molar-refractivity contribution in [2.45, 2.75) is 32.9 Å². The zero-order valence-electron chi connectivity index (χ0n) is 10.8. The van der Waals surface area contributed by atoms with E-state index in [0.717, 1.165) is 10.0 Å². The lowest BCUT2D eigenvalue weighted by molar-refractivity contribution is -0.121. The Balaban J connectivity index is 2.40. The SMILES string of the molecule is CC(C)(C)NC(=O)CNCc1ccc(Cl)cc1Br. The summed E-state index contributed by atoms with van der Waals surface area (Å²) in [7, 11) is 0. The van der Waals surface area contributed by atoms with Crippen molar-refractivity contribution in [2.75, 3.05) is 6.54 Å². The highest BCUT2D eigenvalue weighted by Gasteiger charge is 2.13. The summed E-state index contributed by atoms with van der Waals surface area (Å²) in [5, 5.41) is 6.68. The maximum absolute atomic E-state index is 11.6. The number of nitrogens with one attached hydrogen (secondary N) is 2. The van der Waals surface area contributed by atoms with E-state index >= 15 is 0 Å². The lowest BCUT2D eigenvalue weighted by atomic mass is 10.1. The van der Waals surface area contributed by atoms with Crippen molar-refractivity contribution in [1.29, 1.82) is 0 Å². The fourth-order valence-electron chi connectivity index (χ4n) is 1.44. The van der Waals surface area contributed by atoms with Crippen molar-refractivity contribution in [2.24, 2.45) is 0 Å². The molecular weight excluding hydrogens is 316 g/mol. The number of benzene rings is 1. The fraction of sp³-hybridized carbons (Fsp3) is 0.462. The number of hydrogen-bond acceptors (Lipinski definition) is 2. The Kier molecular flexibility index (Phi) is 5.63. The van der Waals surface area contributed by atoms with E-state index < -0.39 is 0 Å². The lowest BCUT2D eigenvalue weighted by Crippen LogP contribution is -2.44. The predicted octanol–water partition coefficient (Wildman–Crippen LogP) is 3.11. The standard InChI is InChI=1S/C13H18BrClN2O/c1-13(2,3)17-12(18)8-16-7-9-4-5-10(15)6-11(9)14/h4-6,16H,7-8H2,1-3H3,(H,17,18). The van der Waals surface area contributed by atoms with Crippen molar-refractivity contribution in [3.8, 4) is 0 Å². The molecule has 3 nitrogen and oxygen atoms in total. The third-order valence-corrected chi connectivity index (χ3v) is 3.10. The molecule has 18 heavy (non-hydrogen) atoms. The van der Waals surface area contributed by atoms with Crippen LogP contribution in [0, 0.1) is 0 Å². The van der Waals surface area contributed by atoms with Crippen LogP contribution in [0.25, 0.3) is 0 Å². The summed E-state index contributed by atoms with van der Waals surface area (Å²) in [6.07, 6.45) is 0. The first-order chi connectivity index (χ1) is 8.28. The van der Waals surface area contributed by atoms with E-state index in [1.807, 2.05) is 39.0 Å². The molecule has 5 heteroatoms. The van der Waals surface area contributed by atoms with Gasteiger partial charge in [-0.25, -0.2) is 0 Å². The minimum atomic E-state index is -0.195. The van der Waals surface area contributed by atoms with Gasteiger partial charge in [0.2, 0.25) is 5.91 Å². The molecule has 0 aromatic heterocycles. The van der Waals surface area contributed by atoms with Crippen LogP contribution in [-0.2, 0) is 11.3 Å². The molecule has 0 aliphatic rings. The van der Waals surface area contributed by atoms with E-state index in [2.05, 4.69) is 26.6 Å². The van der Waals surface area contributed by atoms with Crippen LogP contribution in [0.15, 0.2) is 22.7 Å². The van der Waals surface area contributed by atoms with Gasteiger partial charge in [-0.05, 0) is 38.5 Å². The van der Waals surface area contributed by atoms with Crippen molar-refractivity contribution in [3.63, 3.8) is 0 Å². The second-order valence-electron chi connectivity index (χ2n) is 5.14. The van der Waals surface area contributed by atoms with E-state index in [9.17, 15) is 4.79 Å². The maximum atomic E-state index is 11.6. The van der Waals surface area contributed by atoms with Gasteiger partial charge in [0.1, 0.15) is 0 Å². The predicted molar refractivity (Wildman–Crippen MR) is 78.8 cm³/mol. The van der Waals surface area contributed by atoms with E-state index in [1.54, 1.807) is 0 Å². The number of rotatable bonds is 4. The van der Waals surface area contributed by atoms with Gasteiger partial charge in [-0.3, -0.25) is 4.79 Å². The van der Waals surface area contributed by atoms with Gasteiger partial charge in [-0.15, -0.1) is 0 Å². The molecule has 0 radical (unpaired) electrons. The Morgan fingerprint density at radius 3 is 2.61 bits per heavy atom. The van der Waals surface area contributed by atoms with Crippen LogP contribution in [-0.4, -0.2) is 18.0 Å². The molecule has 0 spiro atoms. The first-order valence-electron chi connectivity index (χ1n) is 5.73. The number of amides is 1. The second kappa shape index (κ2) is 6.55. The van der Waals surface area contributed by atoms with Crippen LogP contribution in [0.2, 0.25) is 5.02 Å². The molecule has 0 aliphatic heterocycles. The van der Waals surface area contributed by atoms with Gasteiger partial charge in [0.25, 0.3) is 0 Å². The Morgan fingerprint density at radius 1 is 1.39 bits per heavy atom. The summed E-state index contributed by atoms with van der Waals surface area (Å²) >= 11 is 9.30. The van der Waals surface area contributed by atoms with Gasteiger partial charge >= 0.3 is 0 Å². The van der Waals surface area contributed by atoms with Crippen LogP contribution in [0.5, 0.6) is 0 Å². The molecule has 0 saturated heterocycles. The van der Waals surface area contributed by atoms with E-state index in [1.165, 1.54) is 0 Å².